The number of aromatic nitrogens is 1. The first-order valence-corrected chi connectivity index (χ1v) is 8.35. The Kier molecular flexibility index (Phi) is 4.82. The quantitative estimate of drug-likeness (QED) is 0.782. The van der Waals surface area contributed by atoms with E-state index >= 15 is 0 Å². The van der Waals surface area contributed by atoms with Crippen LogP contribution >= 0.6 is 0 Å². The summed E-state index contributed by atoms with van der Waals surface area (Å²) in [5.74, 6) is -0.00204. The summed E-state index contributed by atoms with van der Waals surface area (Å²) in [5, 5.41) is 0. The van der Waals surface area contributed by atoms with E-state index in [1.807, 2.05) is 11.9 Å². The van der Waals surface area contributed by atoms with Gasteiger partial charge in [0.25, 0.3) is 5.91 Å². The first-order valence-electron chi connectivity index (χ1n) is 8.35. The third-order valence-corrected chi connectivity index (χ3v) is 4.78. The highest BCUT2D eigenvalue weighted by atomic mass is 16.5. The Morgan fingerprint density at radius 3 is 2.57 bits per heavy atom. The van der Waals surface area contributed by atoms with Gasteiger partial charge in [-0.1, -0.05) is 0 Å². The Hall–Kier alpha value is -1.66. The van der Waals surface area contributed by atoms with Crippen LogP contribution in [0.2, 0.25) is 0 Å². The van der Waals surface area contributed by atoms with Crippen molar-refractivity contribution in [3.05, 3.63) is 23.5 Å². The van der Waals surface area contributed by atoms with Gasteiger partial charge in [-0.2, -0.15) is 0 Å². The molecule has 0 bridgehead atoms. The van der Waals surface area contributed by atoms with Gasteiger partial charge in [0, 0.05) is 58.1 Å². The summed E-state index contributed by atoms with van der Waals surface area (Å²) in [6.07, 6.45) is 4.40. The molecular weight excluding hydrogens is 294 g/mol. The fourth-order valence-corrected chi connectivity index (χ4v) is 3.34. The third kappa shape index (κ3) is 3.64. The zero-order chi connectivity index (χ0) is 16.4. The minimum absolute atomic E-state index is 0.0109. The lowest BCUT2D eigenvalue weighted by molar-refractivity contribution is 0.0428. The predicted molar refractivity (Wildman–Crippen MR) is 86.7 cm³/mol. The highest BCUT2D eigenvalue weighted by Gasteiger charge is 2.26. The second-order valence-corrected chi connectivity index (χ2v) is 6.51. The zero-order valence-electron chi connectivity index (χ0n) is 14.0. The number of ether oxygens (including phenoxy) is 1. The van der Waals surface area contributed by atoms with E-state index in [9.17, 15) is 9.59 Å². The number of Topliss-reactive ketones (excluding diaryl/α,β-unsaturated/α-hetero) is 1. The number of nitrogens with zero attached hydrogens (tertiary/aromatic N) is 3. The summed E-state index contributed by atoms with van der Waals surface area (Å²) < 4.78 is 7.43. The molecule has 1 unspecified atom stereocenters. The van der Waals surface area contributed by atoms with Gasteiger partial charge in [0.2, 0.25) is 0 Å². The fourth-order valence-electron chi connectivity index (χ4n) is 3.34. The number of ketones is 1. The lowest BCUT2D eigenvalue weighted by Gasteiger charge is -2.35. The number of piperazine rings is 1. The van der Waals surface area contributed by atoms with Gasteiger partial charge in [0.05, 0.1) is 6.10 Å². The van der Waals surface area contributed by atoms with E-state index in [1.54, 1.807) is 16.8 Å². The highest BCUT2D eigenvalue weighted by Crippen LogP contribution is 2.16. The molecule has 2 fully saturated rings. The standard InChI is InChI=1S/C17H25N3O3/c1-13(21)14-10-16(18(2)11-14)17(22)20-7-5-19(6-8-20)12-15-4-3-9-23-15/h10-11,15H,3-9,12H2,1-2H3. The molecule has 0 N–H and O–H groups in total. The molecule has 0 radical (unpaired) electrons. The van der Waals surface area contributed by atoms with Crippen LogP contribution in [-0.2, 0) is 11.8 Å². The Bertz CT molecular complexity index is 582. The van der Waals surface area contributed by atoms with Crippen molar-refractivity contribution in [3.63, 3.8) is 0 Å². The van der Waals surface area contributed by atoms with Crippen LogP contribution < -0.4 is 0 Å². The molecular formula is C17H25N3O3. The summed E-state index contributed by atoms with van der Waals surface area (Å²) in [7, 11) is 1.81. The van der Waals surface area contributed by atoms with Gasteiger partial charge >= 0.3 is 0 Å². The predicted octanol–water partition coefficient (Wildman–Crippen LogP) is 1.16. The summed E-state index contributed by atoms with van der Waals surface area (Å²) in [6.45, 7) is 6.60. The minimum Gasteiger partial charge on any atom is -0.377 e. The summed E-state index contributed by atoms with van der Waals surface area (Å²) in [4.78, 5) is 28.4. The lowest BCUT2D eigenvalue weighted by atomic mass is 10.2. The molecule has 2 saturated heterocycles. The largest absolute Gasteiger partial charge is 0.377 e. The van der Waals surface area contributed by atoms with Gasteiger partial charge in [-0.3, -0.25) is 14.5 Å². The van der Waals surface area contributed by atoms with Crippen molar-refractivity contribution in [1.29, 1.82) is 0 Å². The number of carbonyl (C=O) groups excluding carboxylic acids is 2. The fraction of sp³-hybridized carbons (Fsp3) is 0.647. The minimum atomic E-state index is -0.0129. The third-order valence-electron chi connectivity index (χ3n) is 4.78. The topological polar surface area (TPSA) is 54.8 Å². The molecule has 1 atom stereocenters. The average Bonchev–Trinajstić information content (AvgIpc) is 3.17. The Balaban J connectivity index is 1.56. The molecule has 0 aliphatic carbocycles. The molecule has 3 heterocycles. The van der Waals surface area contributed by atoms with Gasteiger partial charge in [-0.15, -0.1) is 0 Å². The molecule has 0 aromatic carbocycles. The van der Waals surface area contributed by atoms with Gasteiger partial charge in [0.1, 0.15) is 5.69 Å². The van der Waals surface area contributed by atoms with E-state index in [0.29, 0.717) is 17.4 Å². The van der Waals surface area contributed by atoms with Crippen LogP contribution in [0.1, 0.15) is 40.6 Å². The van der Waals surface area contributed by atoms with E-state index < -0.39 is 0 Å². The maximum atomic E-state index is 12.7. The van der Waals surface area contributed by atoms with Crippen molar-refractivity contribution < 1.29 is 14.3 Å². The van der Waals surface area contributed by atoms with Crippen molar-refractivity contribution in [2.45, 2.75) is 25.9 Å². The smallest absolute Gasteiger partial charge is 0.270 e. The molecule has 1 aromatic heterocycles. The number of aryl methyl sites for hydroxylation is 1. The average molecular weight is 319 g/mol. The van der Waals surface area contributed by atoms with Crippen LogP contribution in [0.4, 0.5) is 0 Å². The van der Waals surface area contributed by atoms with Crippen molar-refractivity contribution in [3.8, 4) is 0 Å². The second kappa shape index (κ2) is 6.84. The lowest BCUT2D eigenvalue weighted by Crippen LogP contribution is -2.50. The molecule has 23 heavy (non-hydrogen) atoms. The molecule has 2 aliphatic heterocycles. The van der Waals surface area contributed by atoms with Gasteiger partial charge in [-0.05, 0) is 25.8 Å². The maximum absolute atomic E-state index is 12.7. The van der Waals surface area contributed by atoms with Crippen molar-refractivity contribution in [2.75, 3.05) is 39.3 Å². The van der Waals surface area contributed by atoms with Crippen LogP contribution in [0.3, 0.4) is 0 Å². The van der Waals surface area contributed by atoms with Crippen molar-refractivity contribution in [1.82, 2.24) is 14.4 Å². The highest BCUT2D eigenvalue weighted by molar-refractivity contribution is 5.99. The Morgan fingerprint density at radius 1 is 1.26 bits per heavy atom. The first kappa shape index (κ1) is 16.2. The van der Waals surface area contributed by atoms with Gasteiger partial charge < -0.3 is 14.2 Å². The van der Waals surface area contributed by atoms with E-state index in [1.165, 1.54) is 6.92 Å². The number of carbonyl (C=O) groups is 2. The van der Waals surface area contributed by atoms with Crippen LogP contribution in [0, 0.1) is 0 Å². The van der Waals surface area contributed by atoms with Crippen LogP contribution in [0.25, 0.3) is 0 Å². The summed E-state index contributed by atoms with van der Waals surface area (Å²) in [6, 6.07) is 1.70. The molecule has 126 valence electrons. The SMILES string of the molecule is CC(=O)c1cc(C(=O)N2CCN(CC3CCCO3)CC2)n(C)c1. The number of hydrogen-bond acceptors (Lipinski definition) is 4. The first-order chi connectivity index (χ1) is 11.0. The van der Waals surface area contributed by atoms with E-state index in [-0.39, 0.29) is 11.7 Å². The van der Waals surface area contributed by atoms with Gasteiger partial charge in [0.15, 0.2) is 5.78 Å². The maximum Gasteiger partial charge on any atom is 0.270 e. The Labute approximate surface area is 137 Å². The number of hydrogen-bond donors (Lipinski definition) is 0. The van der Waals surface area contributed by atoms with Crippen molar-refractivity contribution in [2.24, 2.45) is 7.05 Å². The molecule has 1 aromatic rings. The molecule has 3 rings (SSSR count). The second-order valence-electron chi connectivity index (χ2n) is 6.51. The van der Waals surface area contributed by atoms with E-state index in [2.05, 4.69) is 4.90 Å². The monoisotopic (exact) mass is 319 g/mol. The van der Waals surface area contributed by atoms with Gasteiger partial charge in [-0.25, -0.2) is 0 Å². The van der Waals surface area contributed by atoms with E-state index in [4.69, 9.17) is 4.74 Å². The molecule has 1 amide bonds. The summed E-state index contributed by atoms with van der Waals surface area (Å²) in [5.41, 5.74) is 1.18. The molecule has 2 aliphatic rings. The van der Waals surface area contributed by atoms with Crippen LogP contribution in [-0.4, -0.2) is 71.5 Å². The number of amides is 1. The van der Waals surface area contributed by atoms with Crippen LogP contribution in [0.15, 0.2) is 12.3 Å². The molecule has 6 heteroatoms. The number of rotatable bonds is 4. The normalized spacial score (nSPS) is 22.5. The van der Waals surface area contributed by atoms with Crippen LogP contribution in [0.5, 0.6) is 0 Å². The molecule has 0 spiro atoms. The van der Waals surface area contributed by atoms with Crippen molar-refractivity contribution >= 4 is 11.7 Å². The van der Waals surface area contributed by atoms with E-state index in [0.717, 1.165) is 52.2 Å². The summed E-state index contributed by atoms with van der Waals surface area (Å²) >= 11 is 0. The zero-order valence-corrected chi connectivity index (χ0v) is 14.0. The molecule has 0 saturated carbocycles. The Morgan fingerprint density at radius 2 is 2.00 bits per heavy atom. The molecule has 6 nitrogen and oxygen atoms in total.